The van der Waals surface area contributed by atoms with E-state index in [-0.39, 0.29) is 5.82 Å². The van der Waals surface area contributed by atoms with Crippen LogP contribution in [0.25, 0.3) is 11.5 Å². The fourth-order valence-electron chi connectivity index (χ4n) is 1.97. The molecule has 106 valence electrons. The monoisotopic (exact) mass is 283 g/mol. The predicted octanol–water partition coefficient (Wildman–Crippen LogP) is 3.53. The van der Waals surface area contributed by atoms with Crippen molar-refractivity contribution < 1.29 is 8.91 Å². The van der Waals surface area contributed by atoms with Gasteiger partial charge >= 0.3 is 0 Å². The molecule has 3 aromatic rings. The lowest BCUT2D eigenvalue weighted by molar-refractivity contribution is 0.423. The van der Waals surface area contributed by atoms with Crippen LogP contribution in [0.1, 0.15) is 5.82 Å². The van der Waals surface area contributed by atoms with E-state index < -0.39 is 0 Å². The van der Waals surface area contributed by atoms with Gasteiger partial charge in [-0.05, 0) is 30.3 Å². The molecule has 21 heavy (non-hydrogen) atoms. The maximum atomic E-state index is 13.0. The summed E-state index contributed by atoms with van der Waals surface area (Å²) < 4.78 is 18.3. The summed E-state index contributed by atoms with van der Waals surface area (Å²) in [4.78, 5) is 4.34. The van der Waals surface area contributed by atoms with E-state index in [0.717, 1.165) is 11.3 Å². The van der Waals surface area contributed by atoms with Crippen LogP contribution >= 0.6 is 0 Å². The van der Waals surface area contributed by atoms with Crippen LogP contribution in [0, 0.1) is 5.82 Å². The molecule has 1 aromatic heterocycles. The lowest BCUT2D eigenvalue weighted by Crippen LogP contribution is -2.06. The van der Waals surface area contributed by atoms with Crippen molar-refractivity contribution >= 4 is 5.69 Å². The quantitative estimate of drug-likeness (QED) is 0.778. The predicted molar refractivity (Wildman–Crippen MR) is 78.3 cm³/mol. The van der Waals surface area contributed by atoms with Gasteiger partial charge in [0, 0.05) is 24.2 Å². The summed E-state index contributed by atoms with van der Waals surface area (Å²) in [5, 5.41) is 7.06. The third kappa shape index (κ3) is 3.45. The zero-order chi connectivity index (χ0) is 14.5. The summed E-state index contributed by atoms with van der Waals surface area (Å²) in [5.74, 6) is 0.875. The number of rotatable bonds is 5. The highest BCUT2D eigenvalue weighted by Crippen LogP contribution is 2.16. The van der Waals surface area contributed by atoms with Gasteiger partial charge in [-0.15, -0.1) is 0 Å². The van der Waals surface area contributed by atoms with E-state index in [1.165, 1.54) is 12.1 Å². The number of aromatic nitrogens is 2. The molecule has 0 saturated carbocycles. The first-order valence-corrected chi connectivity index (χ1v) is 6.69. The van der Waals surface area contributed by atoms with Gasteiger partial charge in [0.15, 0.2) is 5.82 Å². The minimum atomic E-state index is -0.258. The summed E-state index contributed by atoms with van der Waals surface area (Å²) in [7, 11) is 0. The van der Waals surface area contributed by atoms with Crippen molar-refractivity contribution in [2.45, 2.75) is 6.42 Å². The first kappa shape index (κ1) is 13.3. The van der Waals surface area contributed by atoms with Crippen molar-refractivity contribution in [3.05, 3.63) is 66.2 Å². The summed E-state index contributed by atoms with van der Waals surface area (Å²) in [6, 6.07) is 16.0. The molecule has 0 spiro atoms. The van der Waals surface area contributed by atoms with Crippen LogP contribution in [-0.4, -0.2) is 16.7 Å². The highest BCUT2D eigenvalue weighted by Gasteiger charge is 2.07. The average Bonchev–Trinajstić information content (AvgIpc) is 2.97. The van der Waals surface area contributed by atoms with Crippen molar-refractivity contribution in [2.75, 3.05) is 11.9 Å². The SMILES string of the molecule is Fc1cccc(NCCc2noc(-c3ccccc3)n2)c1. The molecular weight excluding hydrogens is 269 g/mol. The van der Waals surface area contributed by atoms with Gasteiger partial charge in [-0.2, -0.15) is 4.98 Å². The molecule has 0 fully saturated rings. The van der Waals surface area contributed by atoms with E-state index in [2.05, 4.69) is 15.5 Å². The number of halogens is 1. The molecule has 3 rings (SSSR count). The Hall–Kier alpha value is -2.69. The molecular formula is C16H14FN3O. The molecule has 0 atom stereocenters. The lowest BCUT2D eigenvalue weighted by Gasteiger charge is -2.03. The normalized spacial score (nSPS) is 10.5. The Morgan fingerprint density at radius 1 is 1.05 bits per heavy atom. The Morgan fingerprint density at radius 3 is 2.71 bits per heavy atom. The van der Waals surface area contributed by atoms with Gasteiger partial charge in [0.1, 0.15) is 5.82 Å². The highest BCUT2D eigenvalue weighted by atomic mass is 19.1. The third-order valence-electron chi connectivity index (χ3n) is 2.99. The fourth-order valence-corrected chi connectivity index (χ4v) is 1.97. The van der Waals surface area contributed by atoms with Crippen molar-refractivity contribution in [3.8, 4) is 11.5 Å². The number of benzene rings is 2. The lowest BCUT2D eigenvalue weighted by atomic mass is 10.2. The van der Waals surface area contributed by atoms with Crippen LogP contribution in [0.5, 0.6) is 0 Å². The molecule has 0 bridgehead atoms. The molecule has 1 heterocycles. The van der Waals surface area contributed by atoms with Crippen LogP contribution < -0.4 is 5.32 Å². The van der Waals surface area contributed by atoms with Gasteiger partial charge in [0.2, 0.25) is 0 Å². The Kier molecular flexibility index (Phi) is 3.91. The van der Waals surface area contributed by atoms with Crippen LogP contribution in [-0.2, 0) is 6.42 Å². The minimum Gasteiger partial charge on any atom is -0.385 e. The Morgan fingerprint density at radius 2 is 1.90 bits per heavy atom. The topological polar surface area (TPSA) is 51.0 Å². The summed E-state index contributed by atoms with van der Waals surface area (Å²) >= 11 is 0. The molecule has 0 aliphatic carbocycles. The molecule has 0 saturated heterocycles. The largest absolute Gasteiger partial charge is 0.385 e. The molecule has 0 amide bonds. The van der Waals surface area contributed by atoms with E-state index in [1.807, 2.05) is 36.4 Å². The maximum Gasteiger partial charge on any atom is 0.257 e. The number of hydrogen-bond acceptors (Lipinski definition) is 4. The summed E-state index contributed by atoms with van der Waals surface area (Å²) in [5.41, 5.74) is 1.64. The van der Waals surface area contributed by atoms with Crippen molar-refractivity contribution in [2.24, 2.45) is 0 Å². The minimum absolute atomic E-state index is 0.258. The zero-order valence-corrected chi connectivity index (χ0v) is 11.3. The maximum absolute atomic E-state index is 13.0. The van der Waals surface area contributed by atoms with E-state index in [4.69, 9.17) is 4.52 Å². The van der Waals surface area contributed by atoms with Crippen molar-refractivity contribution in [1.29, 1.82) is 0 Å². The van der Waals surface area contributed by atoms with Crippen LogP contribution in [0.2, 0.25) is 0 Å². The van der Waals surface area contributed by atoms with Gasteiger partial charge in [0.05, 0.1) is 0 Å². The first-order valence-electron chi connectivity index (χ1n) is 6.69. The molecule has 0 radical (unpaired) electrons. The Balaban J connectivity index is 1.58. The van der Waals surface area contributed by atoms with Gasteiger partial charge in [-0.25, -0.2) is 4.39 Å². The fraction of sp³-hybridized carbons (Fsp3) is 0.125. The zero-order valence-electron chi connectivity index (χ0n) is 11.3. The van der Waals surface area contributed by atoms with Gasteiger partial charge in [-0.1, -0.05) is 29.4 Å². The molecule has 5 heteroatoms. The van der Waals surface area contributed by atoms with E-state index in [9.17, 15) is 4.39 Å². The molecule has 0 aliphatic rings. The molecule has 0 aliphatic heterocycles. The number of anilines is 1. The molecule has 1 N–H and O–H groups in total. The Labute approximate surface area is 121 Å². The second kappa shape index (κ2) is 6.17. The second-order valence-corrected chi connectivity index (χ2v) is 4.57. The second-order valence-electron chi connectivity index (χ2n) is 4.57. The van der Waals surface area contributed by atoms with E-state index >= 15 is 0 Å². The van der Waals surface area contributed by atoms with E-state index in [0.29, 0.717) is 24.7 Å². The highest BCUT2D eigenvalue weighted by molar-refractivity contribution is 5.52. The van der Waals surface area contributed by atoms with E-state index in [1.54, 1.807) is 6.07 Å². The Bertz CT molecular complexity index is 712. The van der Waals surface area contributed by atoms with Crippen molar-refractivity contribution in [1.82, 2.24) is 10.1 Å². The van der Waals surface area contributed by atoms with Crippen LogP contribution in [0.15, 0.2) is 59.1 Å². The summed E-state index contributed by atoms with van der Waals surface area (Å²) in [6.45, 7) is 0.608. The van der Waals surface area contributed by atoms with Gasteiger partial charge < -0.3 is 9.84 Å². The molecule has 2 aromatic carbocycles. The molecule has 4 nitrogen and oxygen atoms in total. The first-order chi connectivity index (χ1) is 10.3. The third-order valence-corrected chi connectivity index (χ3v) is 2.99. The smallest absolute Gasteiger partial charge is 0.257 e. The van der Waals surface area contributed by atoms with Gasteiger partial charge in [0.25, 0.3) is 5.89 Å². The van der Waals surface area contributed by atoms with Crippen molar-refractivity contribution in [3.63, 3.8) is 0 Å². The van der Waals surface area contributed by atoms with Crippen LogP contribution in [0.4, 0.5) is 10.1 Å². The summed E-state index contributed by atoms with van der Waals surface area (Å²) in [6.07, 6.45) is 0.604. The number of hydrogen-bond donors (Lipinski definition) is 1. The standard InChI is InChI=1S/C16H14FN3O/c17-13-7-4-8-14(11-13)18-10-9-15-19-16(21-20-15)12-5-2-1-3-6-12/h1-8,11,18H,9-10H2. The van der Waals surface area contributed by atoms with Crippen LogP contribution in [0.3, 0.4) is 0 Å². The average molecular weight is 283 g/mol. The molecule has 0 unspecified atom stereocenters. The van der Waals surface area contributed by atoms with Gasteiger partial charge in [-0.3, -0.25) is 0 Å². The number of nitrogens with zero attached hydrogens (tertiary/aromatic N) is 2. The number of nitrogens with one attached hydrogen (secondary N) is 1.